The molecule has 0 spiro atoms. The zero-order valence-corrected chi connectivity index (χ0v) is 20.5. The van der Waals surface area contributed by atoms with Crippen LogP contribution >= 0.6 is 12.2 Å². The van der Waals surface area contributed by atoms with E-state index in [1.807, 2.05) is 47.0 Å². The third-order valence-corrected chi connectivity index (χ3v) is 8.19. The Labute approximate surface area is 193 Å². The fraction of sp³-hybridized carbons (Fsp3) is 0.524. The summed E-state index contributed by atoms with van der Waals surface area (Å²) in [6.07, 6.45) is 4.13. The highest BCUT2D eigenvalue weighted by Crippen LogP contribution is 2.27. The molecule has 1 atom stereocenters. The quantitative estimate of drug-likeness (QED) is 0.485. The monoisotopic (exact) mass is 475 g/mol. The minimum atomic E-state index is -2.96. The summed E-state index contributed by atoms with van der Waals surface area (Å²) in [4.78, 5) is 6.23. The maximum Gasteiger partial charge on any atom is 0.199 e. The van der Waals surface area contributed by atoms with Crippen LogP contribution in [0.25, 0.3) is 11.4 Å². The van der Waals surface area contributed by atoms with Crippen LogP contribution in [0.3, 0.4) is 0 Å². The van der Waals surface area contributed by atoms with E-state index in [1.165, 1.54) is 0 Å². The lowest BCUT2D eigenvalue weighted by molar-refractivity contribution is 0.243. The molecule has 1 aliphatic heterocycles. The van der Waals surface area contributed by atoms with Crippen LogP contribution in [0.5, 0.6) is 0 Å². The lowest BCUT2D eigenvalue weighted by atomic mass is 10.2. The van der Waals surface area contributed by atoms with Crippen molar-refractivity contribution < 1.29 is 8.42 Å². The maximum absolute atomic E-state index is 11.9. The second-order valence-corrected chi connectivity index (χ2v) is 11.0. The molecule has 1 unspecified atom stereocenters. The van der Waals surface area contributed by atoms with Crippen LogP contribution in [0, 0.1) is 18.6 Å². The van der Waals surface area contributed by atoms with Gasteiger partial charge in [0.1, 0.15) is 0 Å². The Morgan fingerprint density at radius 3 is 2.56 bits per heavy atom. The molecule has 4 rings (SSSR count). The molecule has 0 N–H and O–H groups in total. The van der Waals surface area contributed by atoms with Crippen molar-refractivity contribution in [3.63, 3.8) is 0 Å². The van der Waals surface area contributed by atoms with Gasteiger partial charge in [-0.05, 0) is 58.6 Å². The van der Waals surface area contributed by atoms with Crippen molar-refractivity contribution in [2.75, 3.05) is 18.6 Å². The Morgan fingerprint density at radius 2 is 1.94 bits per heavy atom. The third-order valence-electron chi connectivity index (χ3n) is 6.01. The van der Waals surface area contributed by atoms with Crippen molar-refractivity contribution in [3.8, 4) is 11.4 Å². The summed E-state index contributed by atoms with van der Waals surface area (Å²) in [5.41, 5.74) is 4.05. The Morgan fingerprint density at radius 1 is 1.22 bits per heavy atom. The van der Waals surface area contributed by atoms with Gasteiger partial charge in [0.15, 0.2) is 20.4 Å². The van der Waals surface area contributed by atoms with Gasteiger partial charge in [0.25, 0.3) is 0 Å². The van der Waals surface area contributed by atoms with Gasteiger partial charge in [-0.3, -0.25) is 14.6 Å². The molecule has 0 saturated carbocycles. The van der Waals surface area contributed by atoms with Gasteiger partial charge in [0.2, 0.25) is 0 Å². The highest BCUT2D eigenvalue weighted by Gasteiger charge is 2.31. The normalized spacial score (nSPS) is 18.0. The van der Waals surface area contributed by atoms with E-state index < -0.39 is 9.84 Å². The summed E-state index contributed by atoms with van der Waals surface area (Å²) in [6, 6.07) is 3.79. The fourth-order valence-electron chi connectivity index (χ4n) is 4.33. The number of nitrogens with zero attached hydrogens (tertiary/aromatic N) is 7. The first-order valence-corrected chi connectivity index (χ1v) is 12.9. The van der Waals surface area contributed by atoms with Gasteiger partial charge in [0.05, 0.1) is 29.9 Å². The molecule has 32 heavy (non-hydrogen) atoms. The summed E-state index contributed by atoms with van der Waals surface area (Å²) >= 11 is 5.69. The van der Waals surface area contributed by atoms with Gasteiger partial charge in [-0.15, -0.1) is 0 Å². The van der Waals surface area contributed by atoms with Crippen LogP contribution < -0.4 is 0 Å². The molecule has 0 bridgehead atoms. The smallest absolute Gasteiger partial charge is 0.199 e. The molecule has 9 nitrogen and oxygen atoms in total. The molecule has 3 aromatic rings. The number of hydrogen-bond acceptors (Lipinski definition) is 7. The molecule has 1 aliphatic rings. The van der Waals surface area contributed by atoms with Crippen molar-refractivity contribution in [3.05, 3.63) is 46.2 Å². The van der Waals surface area contributed by atoms with Crippen LogP contribution in [0.1, 0.15) is 36.3 Å². The van der Waals surface area contributed by atoms with Crippen molar-refractivity contribution in [1.29, 1.82) is 0 Å². The van der Waals surface area contributed by atoms with E-state index >= 15 is 0 Å². The summed E-state index contributed by atoms with van der Waals surface area (Å²) in [6.45, 7) is 7.99. The molecule has 0 aromatic carbocycles. The molecule has 172 valence electrons. The Balaban J connectivity index is 1.54. The highest BCUT2D eigenvalue weighted by molar-refractivity contribution is 7.91. The van der Waals surface area contributed by atoms with Gasteiger partial charge >= 0.3 is 0 Å². The van der Waals surface area contributed by atoms with Gasteiger partial charge in [-0.25, -0.2) is 13.1 Å². The molecule has 3 aromatic heterocycles. The lowest BCUT2D eigenvalue weighted by Gasteiger charge is -2.17. The number of hydrogen-bond donors (Lipinski definition) is 0. The van der Waals surface area contributed by atoms with Gasteiger partial charge in [-0.1, -0.05) is 0 Å². The van der Waals surface area contributed by atoms with Crippen LogP contribution in [0.15, 0.2) is 24.5 Å². The van der Waals surface area contributed by atoms with E-state index in [4.69, 9.17) is 17.3 Å². The van der Waals surface area contributed by atoms with Crippen LogP contribution in [-0.2, 0) is 29.6 Å². The second-order valence-electron chi connectivity index (χ2n) is 8.39. The summed E-state index contributed by atoms with van der Waals surface area (Å²) in [7, 11) is -0.937. The molecule has 1 fully saturated rings. The Kier molecular flexibility index (Phi) is 6.33. The van der Waals surface area contributed by atoms with Crippen molar-refractivity contribution in [2.24, 2.45) is 0 Å². The fourth-order valence-corrected chi connectivity index (χ4v) is 6.34. The SMILES string of the molecule is CCn1c(-c2ccncc2)nn(CN(C)Cc2c(C)nn(C3CCS(=O)(=O)C3)c2C)c1=S. The first-order valence-electron chi connectivity index (χ1n) is 10.7. The predicted molar refractivity (Wildman–Crippen MR) is 125 cm³/mol. The van der Waals surface area contributed by atoms with Gasteiger partial charge < -0.3 is 4.57 Å². The number of aromatic nitrogens is 6. The molecule has 0 radical (unpaired) electrons. The average molecular weight is 476 g/mol. The van der Waals surface area contributed by atoms with E-state index in [0.717, 1.165) is 34.9 Å². The minimum Gasteiger partial charge on any atom is -0.300 e. The molecule has 0 aliphatic carbocycles. The first kappa shape index (κ1) is 22.8. The lowest BCUT2D eigenvalue weighted by Crippen LogP contribution is -2.23. The zero-order valence-electron chi connectivity index (χ0n) is 18.9. The summed E-state index contributed by atoms with van der Waals surface area (Å²) in [5, 5.41) is 9.46. The van der Waals surface area contributed by atoms with Crippen LogP contribution in [-0.4, -0.2) is 61.0 Å². The van der Waals surface area contributed by atoms with Crippen molar-refractivity contribution in [1.82, 2.24) is 34.0 Å². The molecule has 1 saturated heterocycles. The summed E-state index contributed by atoms with van der Waals surface area (Å²) in [5.74, 6) is 1.24. The van der Waals surface area contributed by atoms with Gasteiger partial charge in [-0.2, -0.15) is 10.2 Å². The van der Waals surface area contributed by atoms with Crippen molar-refractivity contribution in [2.45, 2.75) is 53.0 Å². The first-order chi connectivity index (χ1) is 15.2. The van der Waals surface area contributed by atoms with E-state index in [2.05, 4.69) is 21.9 Å². The molecule has 11 heteroatoms. The third kappa shape index (κ3) is 4.41. The second kappa shape index (κ2) is 8.87. The number of aryl methyl sites for hydroxylation is 1. The van der Waals surface area contributed by atoms with Gasteiger partial charge in [0, 0.05) is 42.3 Å². The maximum atomic E-state index is 11.9. The topological polar surface area (TPSA) is 90.8 Å². The number of sulfone groups is 1. The average Bonchev–Trinajstić information content (AvgIpc) is 3.37. The molecule has 0 amide bonds. The van der Waals surface area contributed by atoms with Crippen molar-refractivity contribution >= 4 is 22.1 Å². The molecular formula is C21H29N7O2S2. The minimum absolute atomic E-state index is 0.0745. The number of pyridine rings is 1. The summed E-state index contributed by atoms with van der Waals surface area (Å²) < 4.78 is 30.3. The largest absolute Gasteiger partial charge is 0.300 e. The Bertz CT molecular complexity index is 1280. The Hall–Kier alpha value is -2.37. The van der Waals surface area contributed by atoms with E-state index in [9.17, 15) is 8.42 Å². The van der Waals surface area contributed by atoms with E-state index in [1.54, 1.807) is 12.4 Å². The predicted octanol–water partition coefficient (Wildman–Crippen LogP) is 2.76. The molecular weight excluding hydrogens is 446 g/mol. The number of rotatable bonds is 7. The van der Waals surface area contributed by atoms with E-state index in [-0.39, 0.29) is 17.5 Å². The zero-order chi connectivity index (χ0) is 23.0. The van der Waals surface area contributed by atoms with Crippen LogP contribution in [0.2, 0.25) is 0 Å². The van der Waals surface area contributed by atoms with Crippen LogP contribution in [0.4, 0.5) is 0 Å². The molecule has 4 heterocycles. The standard InChI is InChI=1S/C21H29N7O2S2/c1-5-26-20(17-6-9-22-10-7-17)24-27(21(26)31)14-25(4)12-19-15(2)23-28(16(19)3)18-8-11-32(29,30)13-18/h6-7,9-10,18H,5,8,11-14H2,1-4H3. The highest BCUT2D eigenvalue weighted by atomic mass is 32.2. The van der Waals surface area contributed by atoms with E-state index in [0.29, 0.717) is 24.4 Å².